The van der Waals surface area contributed by atoms with Gasteiger partial charge >= 0.3 is 0 Å². The second-order valence-corrected chi connectivity index (χ2v) is 17.0. The fourth-order valence-electron chi connectivity index (χ4n) is 6.54. The Kier molecular flexibility index (Phi) is 11.5. The van der Waals surface area contributed by atoms with Crippen LogP contribution in [0.5, 0.6) is 11.5 Å². The van der Waals surface area contributed by atoms with Crippen molar-refractivity contribution in [3.63, 3.8) is 0 Å². The molecule has 0 fully saturated rings. The summed E-state index contributed by atoms with van der Waals surface area (Å²) in [6, 6.07) is 31.7. The van der Waals surface area contributed by atoms with Gasteiger partial charge in [-0.2, -0.15) is 0 Å². The van der Waals surface area contributed by atoms with Crippen LogP contribution in [0.15, 0.2) is 118 Å². The van der Waals surface area contributed by atoms with E-state index in [-0.39, 0.29) is 47.9 Å². The number of hydrogen-bond donors (Lipinski definition) is 0. The third-order valence-electron chi connectivity index (χ3n) is 9.57. The molecule has 0 N–H and O–H groups in total. The predicted octanol–water partition coefficient (Wildman–Crippen LogP) is 9.82. The average Bonchev–Trinajstić information content (AvgIpc) is 3.62. The van der Waals surface area contributed by atoms with Gasteiger partial charge in [-0.25, -0.2) is 9.98 Å². The Hall–Kier alpha value is -5.76. The molecule has 8 heteroatoms. The van der Waals surface area contributed by atoms with E-state index < -0.39 is 0 Å². The summed E-state index contributed by atoms with van der Waals surface area (Å²) in [4.78, 5) is 41.7. The van der Waals surface area contributed by atoms with E-state index >= 15 is 0 Å². The van der Waals surface area contributed by atoms with Crippen molar-refractivity contribution in [1.29, 1.82) is 0 Å². The molecule has 2 aliphatic rings. The maximum absolute atomic E-state index is 14.3. The van der Waals surface area contributed by atoms with Gasteiger partial charge in [-0.1, -0.05) is 114 Å². The van der Waals surface area contributed by atoms with Crippen molar-refractivity contribution in [3.05, 3.63) is 142 Å². The smallest absolute Gasteiger partial charge is 0.278 e. The van der Waals surface area contributed by atoms with Gasteiger partial charge in [0, 0.05) is 24.2 Å². The maximum atomic E-state index is 14.3. The number of ether oxygens (including phenoxy) is 2. The van der Waals surface area contributed by atoms with Crippen molar-refractivity contribution >= 4 is 35.6 Å². The highest BCUT2D eigenvalue weighted by Gasteiger charge is 2.36. The van der Waals surface area contributed by atoms with Gasteiger partial charge in [-0.05, 0) is 97.2 Å². The first-order valence-electron chi connectivity index (χ1n) is 19.5. The number of benzene rings is 4. The van der Waals surface area contributed by atoms with Crippen LogP contribution in [0.25, 0.3) is 12.2 Å². The molecular weight excluding hydrogens is 697 g/mol. The van der Waals surface area contributed by atoms with Crippen molar-refractivity contribution < 1.29 is 19.1 Å². The molecule has 0 radical (unpaired) electrons. The molecule has 0 saturated carbocycles. The molecule has 4 aromatic rings. The van der Waals surface area contributed by atoms with Gasteiger partial charge in [-0.15, -0.1) is 0 Å². The fraction of sp³-hybridized carbons (Fsp3) is 0.333. The van der Waals surface area contributed by atoms with Gasteiger partial charge in [0.05, 0.1) is 12.2 Å². The van der Waals surface area contributed by atoms with E-state index in [1.54, 1.807) is 22.0 Å². The predicted molar refractivity (Wildman–Crippen MR) is 227 cm³/mol. The molecule has 2 heterocycles. The van der Waals surface area contributed by atoms with Crippen LogP contribution in [-0.4, -0.2) is 58.6 Å². The quantitative estimate of drug-likeness (QED) is 0.143. The van der Waals surface area contributed by atoms with Crippen molar-refractivity contribution in [2.75, 3.05) is 13.1 Å². The van der Waals surface area contributed by atoms with Gasteiger partial charge in [0.1, 0.15) is 34.6 Å². The third-order valence-corrected chi connectivity index (χ3v) is 9.57. The summed E-state index contributed by atoms with van der Waals surface area (Å²) in [6.45, 7) is 21.4. The summed E-state index contributed by atoms with van der Waals surface area (Å²) in [7, 11) is 0. The lowest BCUT2D eigenvalue weighted by Crippen LogP contribution is -2.42. The summed E-state index contributed by atoms with van der Waals surface area (Å²) >= 11 is 0. The number of rotatable bonds is 11. The highest BCUT2D eigenvalue weighted by molar-refractivity contribution is 6.21. The molecule has 2 aliphatic heterocycles. The van der Waals surface area contributed by atoms with Gasteiger partial charge in [0.25, 0.3) is 11.8 Å². The van der Waals surface area contributed by atoms with Crippen LogP contribution in [0, 0.1) is 0 Å². The van der Waals surface area contributed by atoms with Crippen LogP contribution >= 0.6 is 0 Å². The largest absolute Gasteiger partial charge is 0.491 e. The Balaban J connectivity index is 1.33. The number of amides is 2. The summed E-state index contributed by atoms with van der Waals surface area (Å²) in [5.74, 6) is 2.14. The van der Waals surface area contributed by atoms with E-state index in [9.17, 15) is 9.59 Å². The maximum Gasteiger partial charge on any atom is 0.278 e. The standard InChI is InChI=1S/C48H54N4O4/c1-31(2)55-39-23-11-33(12-24-39)29-41-45(53)51(43(49-41)35-15-19-37(20-16-35)47(5,6)7)27-28-52-44(36-17-21-38(22-18-36)48(8,9)10)50-42(46(52)54)30-34-13-25-40(26-14-34)56-32(3)4/h11-26,29-32H,27-28H2,1-10H3/b41-29-,42-30+. The molecule has 2 amide bonds. The van der Waals surface area contributed by atoms with Gasteiger partial charge in [-0.3, -0.25) is 19.4 Å². The lowest BCUT2D eigenvalue weighted by atomic mass is 9.86. The van der Waals surface area contributed by atoms with Crippen LogP contribution in [-0.2, 0) is 20.4 Å². The minimum Gasteiger partial charge on any atom is -0.491 e. The van der Waals surface area contributed by atoms with E-state index in [1.807, 2.05) is 100 Å². The van der Waals surface area contributed by atoms with Crippen LogP contribution in [0.1, 0.15) is 103 Å². The van der Waals surface area contributed by atoms with E-state index in [1.165, 1.54) is 11.1 Å². The zero-order chi connectivity index (χ0) is 40.4. The number of carbonyl (C=O) groups excluding carboxylic acids is 2. The van der Waals surface area contributed by atoms with Crippen LogP contribution in [0.3, 0.4) is 0 Å². The fourth-order valence-corrected chi connectivity index (χ4v) is 6.54. The Morgan fingerprint density at radius 3 is 1.12 bits per heavy atom. The molecule has 4 aromatic carbocycles. The molecule has 0 unspecified atom stereocenters. The molecule has 0 atom stereocenters. The van der Waals surface area contributed by atoms with E-state index in [4.69, 9.17) is 19.5 Å². The molecule has 0 aromatic heterocycles. The highest BCUT2D eigenvalue weighted by Crippen LogP contribution is 2.29. The van der Waals surface area contributed by atoms with Gasteiger partial charge < -0.3 is 9.47 Å². The van der Waals surface area contributed by atoms with Crippen molar-refractivity contribution in [2.45, 2.75) is 92.3 Å². The molecule has 0 saturated heterocycles. The third kappa shape index (κ3) is 9.36. The first-order valence-corrected chi connectivity index (χ1v) is 19.5. The zero-order valence-electron chi connectivity index (χ0n) is 34.4. The SMILES string of the molecule is CC(C)Oc1ccc(/C=C2\N=C(c3ccc(C(C)(C)C)cc3)N(CCN3C(=O)/C(=C\c4ccc(OC(C)C)cc4)N=C3c3ccc(C(C)(C)C)cc3)C2=O)cc1. The number of nitrogens with zero attached hydrogens (tertiary/aromatic N) is 4. The lowest BCUT2D eigenvalue weighted by Gasteiger charge is -2.25. The first-order chi connectivity index (χ1) is 26.5. The molecule has 8 nitrogen and oxygen atoms in total. The molecule has 0 bridgehead atoms. The Morgan fingerprint density at radius 2 is 0.839 bits per heavy atom. The monoisotopic (exact) mass is 750 g/mol. The molecule has 56 heavy (non-hydrogen) atoms. The van der Waals surface area contributed by atoms with Crippen molar-refractivity contribution in [1.82, 2.24) is 9.80 Å². The summed E-state index contributed by atoms with van der Waals surface area (Å²) in [5, 5.41) is 0. The molecule has 0 aliphatic carbocycles. The normalized spacial score (nSPS) is 16.4. The molecule has 290 valence electrons. The van der Waals surface area contributed by atoms with Gasteiger partial charge in [0.2, 0.25) is 0 Å². The Bertz CT molecular complexity index is 2020. The first kappa shape index (κ1) is 39.9. The summed E-state index contributed by atoms with van der Waals surface area (Å²) in [5.41, 5.74) is 6.24. The van der Waals surface area contributed by atoms with Crippen LogP contribution in [0.4, 0.5) is 0 Å². The summed E-state index contributed by atoms with van der Waals surface area (Å²) in [6.07, 6.45) is 3.71. The van der Waals surface area contributed by atoms with Gasteiger partial charge in [0.15, 0.2) is 0 Å². The zero-order valence-corrected chi connectivity index (χ0v) is 34.4. The Labute approximate surface area is 332 Å². The average molecular weight is 751 g/mol. The topological polar surface area (TPSA) is 83.8 Å². The van der Waals surface area contributed by atoms with Crippen LogP contribution in [0.2, 0.25) is 0 Å². The Morgan fingerprint density at radius 1 is 0.518 bits per heavy atom. The second kappa shape index (κ2) is 16.1. The molecular formula is C48H54N4O4. The minimum atomic E-state index is -0.235. The molecule has 0 spiro atoms. The van der Waals surface area contributed by atoms with E-state index in [0.29, 0.717) is 23.1 Å². The highest BCUT2D eigenvalue weighted by atomic mass is 16.5. The van der Waals surface area contributed by atoms with Crippen molar-refractivity contribution in [2.24, 2.45) is 9.98 Å². The number of aliphatic imine (C=N–C) groups is 2. The number of hydrogen-bond acceptors (Lipinski definition) is 6. The summed E-state index contributed by atoms with van der Waals surface area (Å²) < 4.78 is 11.6. The lowest BCUT2D eigenvalue weighted by molar-refractivity contribution is -0.125. The molecule has 6 rings (SSSR count). The number of carbonyl (C=O) groups is 2. The second-order valence-electron chi connectivity index (χ2n) is 17.0. The minimum absolute atomic E-state index is 0.0336. The van der Waals surface area contributed by atoms with E-state index in [2.05, 4.69) is 65.8 Å². The van der Waals surface area contributed by atoms with Crippen LogP contribution < -0.4 is 9.47 Å². The van der Waals surface area contributed by atoms with E-state index in [0.717, 1.165) is 33.8 Å². The number of amidine groups is 2. The van der Waals surface area contributed by atoms with Crippen molar-refractivity contribution in [3.8, 4) is 11.5 Å².